The minimum absolute atomic E-state index is 0.0367. The van der Waals surface area contributed by atoms with Crippen molar-refractivity contribution < 1.29 is 4.79 Å². The number of ketones is 1. The predicted octanol–water partition coefficient (Wildman–Crippen LogP) is 3.23. The van der Waals surface area contributed by atoms with Crippen LogP contribution in [0.25, 0.3) is 11.0 Å². The number of hydrogen-bond donors (Lipinski definition) is 0. The van der Waals surface area contributed by atoms with Crippen LogP contribution in [0, 0.1) is 11.3 Å². The molecule has 1 atom stereocenters. The Kier molecular flexibility index (Phi) is 4.51. The third-order valence-corrected chi connectivity index (χ3v) is 4.45. The van der Waals surface area contributed by atoms with E-state index in [-0.39, 0.29) is 10.7 Å². The van der Waals surface area contributed by atoms with Gasteiger partial charge in [-0.25, -0.2) is 15.0 Å². The molecule has 2 heterocycles. The molecule has 120 valence electrons. The fourth-order valence-corrected chi connectivity index (χ4v) is 2.94. The lowest BCUT2D eigenvalue weighted by atomic mass is 10.0. The lowest BCUT2D eigenvalue weighted by Gasteiger charge is -2.09. The van der Waals surface area contributed by atoms with Crippen LogP contribution in [0.1, 0.15) is 22.2 Å². The molecule has 0 radical (unpaired) electrons. The summed E-state index contributed by atoms with van der Waals surface area (Å²) in [7, 11) is 1.77. The smallest absolute Gasteiger partial charge is 0.207 e. The van der Waals surface area contributed by atoms with Crippen LogP contribution in [0.15, 0.2) is 35.6 Å². The summed E-state index contributed by atoms with van der Waals surface area (Å²) < 4.78 is 1.74. The molecule has 0 fully saturated rings. The highest BCUT2D eigenvalue weighted by Gasteiger charge is 2.29. The van der Waals surface area contributed by atoms with Crippen molar-refractivity contribution in [1.82, 2.24) is 19.5 Å². The van der Waals surface area contributed by atoms with Crippen LogP contribution in [0.4, 0.5) is 0 Å². The highest BCUT2D eigenvalue weighted by molar-refractivity contribution is 7.98. The van der Waals surface area contributed by atoms with Crippen molar-refractivity contribution >= 4 is 40.2 Å². The Morgan fingerprint density at radius 3 is 2.79 bits per heavy atom. The minimum atomic E-state index is -1.09. The molecule has 3 rings (SSSR count). The molecule has 6 nitrogen and oxygen atoms in total. The Hall–Kier alpha value is -2.43. The van der Waals surface area contributed by atoms with Crippen LogP contribution in [0.2, 0.25) is 5.02 Å². The van der Waals surface area contributed by atoms with Crippen molar-refractivity contribution in [2.45, 2.75) is 11.1 Å². The van der Waals surface area contributed by atoms with Gasteiger partial charge in [0.2, 0.25) is 5.78 Å². The number of hydrogen-bond acceptors (Lipinski definition) is 6. The number of imidazole rings is 1. The number of Topliss-reactive ketones (excluding diaryl/α,β-unsaturated/α-hetero) is 1. The standard InChI is InChI=1S/C16H12ClN5OS/c1-22-12-6-4-3-5-11(12)20-15(22)9(7-18)14(23)13-10(17)8-19-16(21-13)24-2/h3-6,8-9H,1-2H3. The molecule has 0 saturated carbocycles. The van der Waals surface area contributed by atoms with E-state index in [2.05, 4.69) is 15.0 Å². The summed E-state index contributed by atoms with van der Waals surface area (Å²) in [4.78, 5) is 25.4. The predicted molar refractivity (Wildman–Crippen MR) is 92.2 cm³/mol. The van der Waals surface area contributed by atoms with Crippen LogP contribution in [-0.2, 0) is 7.05 Å². The SMILES string of the molecule is CSc1ncc(Cl)c(C(=O)C(C#N)c2nc3ccccc3n2C)n1. The van der Waals surface area contributed by atoms with Gasteiger partial charge in [-0.1, -0.05) is 35.5 Å². The fraction of sp³-hybridized carbons (Fsp3) is 0.188. The maximum absolute atomic E-state index is 12.8. The quantitative estimate of drug-likeness (QED) is 0.405. The molecule has 0 N–H and O–H groups in total. The Bertz CT molecular complexity index is 978. The molecule has 0 spiro atoms. The molecule has 0 amide bonds. The van der Waals surface area contributed by atoms with Gasteiger partial charge in [0.1, 0.15) is 11.5 Å². The second kappa shape index (κ2) is 6.59. The zero-order chi connectivity index (χ0) is 17.3. The molecule has 0 saturated heterocycles. The minimum Gasteiger partial charge on any atom is -0.330 e. The number of rotatable bonds is 4. The summed E-state index contributed by atoms with van der Waals surface area (Å²) in [6.07, 6.45) is 3.17. The summed E-state index contributed by atoms with van der Waals surface area (Å²) in [5.41, 5.74) is 1.61. The van der Waals surface area contributed by atoms with E-state index >= 15 is 0 Å². The molecule has 0 aliphatic heterocycles. The zero-order valence-electron chi connectivity index (χ0n) is 12.9. The number of aryl methyl sites for hydroxylation is 1. The maximum atomic E-state index is 12.8. The molecule has 2 aromatic heterocycles. The zero-order valence-corrected chi connectivity index (χ0v) is 14.5. The van der Waals surface area contributed by atoms with Gasteiger partial charge in [0, 0.05) is 7.05 Å². The second-order valence-corrected chi connectivity index (χ2v) is 6.18. The monoisotopic (exact) mass is 357 g/mol. The van der Waals surface area contributed by atoms with Crippen LogP contribution < -0.4 is 0 Å². The number of para-hydroxylation sites is 2. The van der Waals surface area contributed by atoms with Crippen molar-refractivity contribution in [2.75, 3.05) is 6.26 Å². The van der Waals surface area contributed by atoms with E-state index in [0.29, 0.717) is 11.0 Å². The van der Waals surface area contributed by atoms with E-state index in [1.54, 1.807) is 17.9 Å². The number of halogens is 1. The van der Waals surface area contributed by atoms with Crippen LogP contribution in [-0.4, -0.2) is 31.6 Å². The van der Waals surface area contributed by atoms with Crippen LogP contribution in [0.5, 0.6) is 0 Å². The average Bonchev–Trinajstić information content (AvgIpc) is 2.93. The summed E-state index contributed by atoms with van der Waals surface area (Å²) in [5, 5.41) is 10.1. The van der Waals surface area contributed by atoms with Gasteiger partial charge in [0.15, 0.2) is 11.1 Å². The number of carbonyl (C=O) groups excluding carboxylic acids is 1. The summed E-state index contributed by atoms with van der Waals surface area (Å²) >= 11 is 7.36. The van der Waals surface area contributed by atoms with Gasteiger partial charge in [-0.3, -0.25) is 4.79 Å². The Morgan fingerprint density at radius 2 is 2.12 bits per heavy atom. The van der Waals surface area contributed by atoms with Crippen LogP contribution in [0.3, 0.4) is 0 Å². The van der Waals surface area contributed by atoms with Gasteiger partial charge in [0.05, 0.1) is 28.3 Å². The van der Waals surface area contributed by atoms with Crippen molar-refractivity contribution in [3.05, 3.63) is 47.0 Å². The summed E-state index contributed by atoms with van der Waals surface area (Å²) in [6, 6.07) is 9.48. The molecule has 24 heavy (non-hydrogen) atoms. The van der Waals surface area contributed by atoms with E-state index < -0.39 is 11.7 Å². The first-order valence-corrected chi connectivity index (χ1v) is 8.58. The average molecular weight is 358 g/mol. The molecule has 0 aliphatic rings. The number of benzene rings is 1. The van der Waals surface area contributed by atoms with Crippen molar-refractivity contribution in [3.63, 3.8) is 0 Å². The van der Waals surface area contributed by atoms with E-state index in [4.69, 9.17) is 11.6 Å². The number of fused-ring (bicyclic) bond motifs is 1. The Labute approximate surface area is 147 Å². The largest absolute Gasteiger partial charge is 0.330 e. The first kappa shape index (κ1) is 16.4. The highest BCUT2D eigenvalue weighted by Crippen LogP contribution is 2.26. The highest BCUT2D eigenvalue weighted by atomic mass is 35.5. The molecule has 8 heteroatoms. The first-order valence-electron chi connectivity index (χ1n) is 6.98. The third kappa shape index (κ3) is 2.75. The number of aromatic nitrogens is 4. The normalized spacial score (nSPS) is 12.1. The van der Waals surface area contributed by atoms with Gasteiger partial charge in [-0.15, -0.1) is 0 Å². The van der Waals surface area contributed by atoms with Gasteiger partial charge < -0.3 is 4.57 Å². The van der Waals surface area contributed by atoms with Gasteiger partial charge in [-0.05, 0) is 18.4 Å². The topological polar surface area (TPSA) is 84.5 Å². The van der Waals surface area contributed by atoms with Gasteiger partial charge in [0.25, 0.3) is 0 Å². The lowest BCUT2D eigenvalue weighted by Crippen LogP contribution is -2.17. The lowest BCUT2D eigenvalue weighted by molar-refractivity contribution is 0.0969. The Morgan fingerprint density at radius 1 is 1.38 bits per heavy atom. The molecular formula is C16H12ClN5OS. The van der Waals surface area contributed by atoms with Gasteiger partial charge in [-0.2, -0.15) is 5.26 Å². The Balaban J connectivity index is 2.10. The second-order valence-electron chi connectivity index (χ2n) is 5.00. The van der Waals surface area contributed by atoms with Gasteiger partial charge >= 0.3 is 0 Å². The first-order chi connectivity index (χ1) is 11.6. The molecule has 0 bridgehead atoms. The third-order valence-electron chi connectivity index (χ3n) is 3.61. The summed E-state index contributed by atoms with van der Waals surface area (Å²) in [5.74, 6) is -1.22. The molecule has 3 aromatic rings. The van der Waals surface area contributed by atoms with Crippen molar-refractivity contribution in [1.29, 1.82) is 5.26 Å². The van der Waals surface area contributed by atoms with E-state index in [9.17, 15) is 10.1 Å². The molecule has 0 aliphatic carbocycles. The number of carbonyl (C=O) groups is 1. The van der Waals surface area contributed by atoms with Crippen molar-refractivity contribution in [2.24, 2.45) is 7.05 Å². The number of nitriles is 1. The number of thioether (sulfide) groups is 1. The van der Waals surface area contributed by atoms with E-state index in [0.717, 1.165) is 11.0 Å². The molecular weight excluding hydrogens is 346 g/mol. The fourth-order valence-electron chi connectivity index (χ4n) is 2.41. The maximum Gasteiger partial charge on any atom is 0.207 e. The van der Waals surface area contributed by atoms with Crippen molar-refractivity contribution in [3.8, 4) is 6.07 Å². The number of nitrogens with zero attached hydrogens (tertiary/aromatic N) is 5. The molecule has 1 unspecified atom stereocenters. The van der Waals surface area contributed by atoms with E-state index in [1.807, 2.05) is 30.3 Å². The molecule has 1 aromatic carbocycles. The summed E-state index contributed by atoms with van der Waals surface area (Å²) in [6.45, 7) is 0. The van der Waals surface area contributed by atoms with E-state index in [1.165, 1.54) is 18.0 Å². The van der Waals surface area contributed by atoms with Crippen LogP contribution >= 0.6 is 23.4 Å².